The van der Waals surface area contributed by atoms with Crippen molar-refractivity contribution >= 4 is 38.2 Å². The van der Waals surface area contributed by atoms with Crippen molar-refractivity contribution in [3.05, 3.63) is 71.8 Å². The lowest BCUT2D eigenvalue weighted by molar-refractivity contribution is -0.207. The van der Waals surface area contributed by atoms with Gasteiger partial charge in [-0.1, -0.05) is 73.3 Å². The van der Waals surface area contributed by atoms with Gasteiger partial charge in [-0.25, -0.2) is 20.0 Å². The van der Waals surface area contributed by atoms with E-state index >= 15 is 0 Å². The molecule has 3 N–H and O–H groups in total. The fourth-order valence-corrected chi connectivity index (χ4v) is 5.29. The van der Waals surface area contributed by atoms with Crippen molar-refractivity contribution < 1.29 is 38.6 Å². The number of β-lactam (4-membered cyclic amide) rings is 1. The summed E-state index contributed by atoms with van der Waals surface area (Å²) in [7, 11) is -1.48. The van der Waals surface area contributed by atoms with Gasteiger partial charge < -0.3 is 24.7 Å². The van der Waals surface area contributed by atoms with E-state index in [1.165, 1.54) is 6.92 Å². The van der Waals surface area contributed by atoms with Crippen LogP contribution in [0.1, 0.15) is 22.8 Å². The third kappa shape index (κ3) is 7.34. The highest BCUT2D eigenvalue weighted by Crippen LogP contribution is 2.34. The zero-order valence-electron chi connectivity index (χ0n) is 24.0. The Balaban J connectivity index is 1.52. The molecule has 12 nitrogen and oxygen atoms in total. The molecule has 4 rings (SSSR count). The van der Waals surface area contributed by atoms with Crippen molar-refractivity contribution in [3.63, 3.8) is 0 Å². The van der Waals surface area contributed by atoms with Crippen LogP contribution in [0.25, 0.3) is 0 Å². The first-order valence-corrected chi connectivity index (χ1v) is 17.3. The molecule has 0 aromatic heterocycles. The zero-order valence-corrected chi connectivity index (χ0v) is 25.0. The molecular formula is C29H36N4O8Si. The summed E-state index contributed by atoms with van der Waals surface area (Å²) in [5.41, 5.74) is 1.48. The van der Waals surface area contributed by atoms with Gasteiger partial charge in [0.05, 0.1) is 24.8 Å². The third-order valence-corrected chi connectivity index (χ3v) is 8.74. The number of ether oxygens (including phenoxy) is 2. The van der Waals surface area contributed by atoms with Gasteiger partial charge in [0.2, 0.25) is 5.91 Å². The average Bonchev–Trinajstić information content (AvgIpc) is 2.94. The van der Waals surface area contributed by atoms with E-state index in [4.69, 9.17) is 14.3 Å². The number of nitrogens with zero attached hydrogens (tertiary/aromatic N) is 2. The van der Waals surface area contributed by atoms with Crippen LogP contribution in [0.5, 0.6) is 0 Å². The molecule has 0 unspecified atom stereocenters. The molecule has 0 radical (unpaired) electrons. The van der Waals surface area contributed by atoms with E-state index in [0.717, 1.165) is 22.8 Å². The minimum Gasteiger partial charge on any atom is -0.450 e. The van der Waals surface area contributed by atoms with Crippen molar-refractivity contribution in [1.29, 1.82) is 0 Å². The van der Waals surface area contributed by atoms with E-state index < -0.39 is 61.8 Å². The molecule has 0 aliphatic carbocycles. The smallest absolute Gasteiger partial charge is 0.426 e. The predicted octanol–water partition coefficient (Wildman–Crippen LogP) is 2.27. The maximum atomic E-state index is 13.2. The number of nitrogens with one attached hydrogen (secondary N) is 2. The normalized spacial score (nSPS) is 25.1. The summed E-state index contributed by atoms with van der Waals surface area (Å²) in [5.74, 6) is -1.80. The number of hydrogen-bond acceptors (Lipinski definition) is 9. The fourth-order valence-electron chi connectivity index (χ4n) is 4.57. The highest BCUT2D eigenvalue weighted by Gasteiger charge is 2.62. The summed E-state index contributed by atoms with van der Waals surface area (Å²) in [6.07, 6.45) is -2.32. The molecule has 1 fully saturated rings. The summed E-state index contributed by atoms with van der Waals surface area (Å²) in [4.78, 5) is 57.0. The van der Waals surface area contributed by atoms with Gasteiger partial charge in [-0.05, 0) is 30.7 Å². The van der Waals surface area contributed by atoms with Crippen molar-refractivity contribution in [2.45, 2.75) is 68.9 Å². The maximum Gasteiger partial charge on any atom is 0.426 e. The van der Waals surface area contributed by atoms with Crippen molar-refractivity contribution in [2.24, 2.45) is 5.16 Å². The Labute approximate surface area is 245 Å². The van der Waals surface area contributed by atoms with Crippen LogP contribution in [0.2, 0.25) is 25.7 Å². The SMILES string of the molecule is C[C@@]1(O)[C@@H]([C@@H]2[C@@H](NC(=O)Cc3ccccc3)C(=O)N2NC(=O)OCC[Si](C)(C)C)ON=C[C@H]1OC(=O)c1ccccc1. The number of carbonyl (C=O) groups is 4. The average molecular weight is 597 g/mol. The number of hydrazine groups is 1. The second-order valence-corrected chi connectivity index (χ2v) is 17.3. The minimum atomic E-state index is -1.93. The topological polar surface area (TPSA) is 156 Å². The number of rotatable bonds is 10. The molecule has 0 bridgehead atoms. The predicted molar refractivity (Wildman–Crippen MR) is 155 cm³/mol. The van der Waals surface area contributed by atoms with Gasteiger partial charge in [-0.3, -0.25) is 9.59 Å². The second kappa shape index (κ2) is 12.7. The van der Waals surface area contributed by atoms with E-state index in [9.17, 15) is 24.3 Å². The summed E-state index contributed by atoms with van der Waals surface area (Å²) in [5, 5.41) is 19.1. The van der Waals surface area contributed by atoms with Crippen LogP contribution in [0.15, 0.2) is 65.8 Å². The van der Waals surface area contributed by atoms with Gasteiger partial charge in [-0.15, -0.1) is 0 Å². The molecule has 2 aliphatic rings. The number of esters is 1. The van der Waals surface area contributed by atoms with Crippen LogP contribution in [-0.4, -0.2) is 84.8 Å². The van der Waals surface area contributed by atoms with Gasteiger partial charge in [-0.2, -0.15) is 0 Å². The Morgan fingerprint density at radius 2 is 1.71 bits per heavy atom. The Hall–Kier alpha value is -4.23. The van der Waals surface area contributed by atoms with Crippen LogP contribution in [0.3, 0.4) is 0 Å². The lowest BCUT2D eigenvalue weighted by atomic mass is 9.80. The first kappa shape index (κ1) is 30.7. The summed E-state index contributed by atoms with van der Waals surface area (Å²) in [6.45, 7) is 7.94. The van der Waals surface area contributed by atoms with E-state index in [-0.39, 0.29) is 18.6 Å². The van der Waals surface area contributed by atoms with Crippen LogP contribution in [0.4, 0.5) is 4.79 Å². The molecule has 2 aromatic carbocycles. The molecule has 224 valence electrons. The Morgan fingerprint density at radius 3 is 2.36 bits per heavy atom. The maximum absolute atomic E-state index is 13.2. The number of aliphatic hydroxyl groups is 1. The highest BCUT2D eigenvalue weighted by molar-refractivity contribution is 6.76. The first-order chi connectivity index (χ1) is 19.9. The molecule has 42 heavy (non-hydrogen) atoms. The minimum absolute atomic E-state index is 0.000878. The quantitative estimate of drug-likeness (QED) is 0.214. The van der Waals surface area contributed by atoms with Crippen molar-refractivity contribution in [1.82, 2.24) is 15.8 Å². The number of carbonyl (C=O) groups excluding carboxylic acids is 4. The molecule has 3 amide bonds. The molecule has 0 spiro atoms. The second-order valence-electron chi connectivity index (χ2n) is 11.7. The monoisotopic (exact) mass is 596 g/mol. The van der Waals surface area contributed by atoms with Crippen molar-refractivity contribution in [3.8, 4) is 0 Å². The van der Waals surface area contributed by atoms with E-state index in [1.54, 1.807) is 54.6 Å². The van der Waals surface area contributed by atoms with Crippen molar-refractivity contribution in [2.75, 3.05) is 6.61 Å². The van der Waals surface area contributed by atoms with Gasteiger partial charge >= 0.3 is 12.1 Å². The first-order valence-electron chi connectivity index (χ1n) is 13.6. The summed E-state index contributed by atoms with van der Waals surface area (Å²) in [6, 6.07) is 15.6. The van der Waals surface area contributed by atoms with Crippen LogP contribution < -0.4 is 10.7 Å². The zero-order chi connectivity index (χ0) is 30.5. The number of amides is 3. The summed E-state index contributed by atoms with van der Waals surface area (Å²) >= 11 is 0. The van der Waals surface area contributed by atoms with Gasteiger partial charge in [0.25, 0.3) is 5.91 Å². The van der Waals surface area contributed by atoms with E-state index in [0.29, 0.717) is 0 Å². The van der Waals surface area contributed by atoms with E-state index in [2.05, 4.69) is 35.5 Å². The molecule has 13 heteroatoms. The van der Waals surface area contributed by atoms with Crippen LogP contribution in [0, 0.1) is 0 Å². The van der Waals surface area contributed by atoms with Gasteiger partial charge in [0, 0.05) is 8.07 Å². The molecule has 0 saturated carbocycles. The largest absolute Gasteiger partial charge is 0.450 e. The molecule has 2 aromatic rings. The Kier molecular flexibility index (Phi) is 9.32. The lowest BCUT2D eigenvalue weighted by Crippen LogP contribution is -2.81. The van der Waals surface area contributed by atoms with Gasteiger partial charge in [0.15, 0.2) is 12.2 Å². The molecule has 2 aliphatic heterocycles. The Morgan fingerprint density at radius 1 is 1.07 bits per heavy atom. The Bertz CT molecular complexity index is 1320. The molecular weight excluding hydrogens is 560 g/mol. The fraction of sp³-hybridized carbons (Fsp3) is 0.414. The number of oxime groups is 1. The highest BCUT2D eigenvalue weighted by atomic mass is 28.3. The molecule has 1 saturated heterocycles. The summed E-state index contributed by atoms with van der Waals surface area (Å²) < 4.78 is 10.8. The molecule has 2 heterocycles. The number of hydrogen-bond donors (Lipinski definition) is 3. The lowest BCUT2D eigenvalue weighted by Gasteiger charge is -2.52. The van der Waals surface area contributed by atoms with Gasteiger partial charge in [0.1, 0.15) is 17.7 Å². The number of benzene rings is 2. The van der Waals surface area contributed by atoms with Crippen LogP contribution >= 0.6 is 0 Å². The third-order valence-electron chi connectivity index (χ3n) is 7.04. The molecule has 5 atom stereocenters. The van der Waals surface area contributed by atoms with E-state index in [1.807, 2.05) is 6.07 Å². The standard InChI is InChI=1S/C29H36N4O8Si/c1-29(38)21(40-27(36)20-13-9-6-10-14-20)18-30-41-25(29)24-23(31-22(34)17-19-11-7-5-8-12-19)26(35)33(24)32-28(37)39-15-16-42(2,3)4/h5-14,18,21,23-25,38H,15-17H2,1-4H3,(H,31,34)(H,32,37)/t21-,23-,24+,25-,29+/m1/s1. The van der Waals surface area contributed by atoms with Crippen LogP contribution in [-0.2, 0) is 30.3 Å².